The van der Waals surface area contributed by atoms with Crippen LogP contribution in [0.15, 0.2) is 60.9 Å². The van der Waals surface area contributed by atoms with Crippen LogP contribution in [0, 0.1) is 0 Å². The summed E-state index contributed by atoms with van der Waals surface area (Å²) in [6, 6.07) is 13.4. The number of nitrogens with one attached hydrogen (secondary N) is 2. The van der Waals surface area contributed by atoms with Crippen molar-refractivity contribution in [2.75, 3.05) is 17.7 Å². The van der Waals surface area contributed by atoms with Gasteiger partial charge in [-0.2, -0.15) is 0 Å². The Bertz CT molecular complexity index is 912. The maximum absolute atomic E-state index is 12.2. The highest BCUT2D eigenvalue weighted by Crippen LogP contribution is 2.12. The monoisotopic (exact) mass is 363 g/mol. The summed E-state index contributed by atoms with van der Waals surface area (Å²) in [4.78, 5) is 27.6. The van der Waals surface area contributed by atoms with Crippen molar-refractivity contribution in [1.82, 2.24) is 15.2 Å². The number of amides is 1. The van der Waals surface area contributed by atoms with Gasteiger partial charge in [-0.25, -0.2) is 4.79 Å². The number of ether oxygens (including phenoxy) is 1. The number of carbonyl (C=O) groups is 2. The molecular formula is C19H17N5O3. The largest absolute Gasteiger partial charge is 0.465 e. The first-order valence-corrected chi connectivity index (χ1v) is 8.12. The molecule has 0 saturated heterocycles. The summed E-state index contributed by atoms with van der Waals surface area (Å²) in [5, 5.41) is 13.8. The number of esters is 1. The van der Waals surface area contributed by atoms with Crippen molar-refractivity contribution in [3.8, 4) is 0 Å². The third-order valence-corrected chi connectivity index (χ3v) is 3.68. The van der Waals surface area contributed by atoms with Crippen LogP contribution in [0.25, 0.3) is 0 Å². The molecule has 2 N–H and O–H groups in total. The number of rotatable bonds is 6. The zero-order chi connectivity index (χ0) is 19.1. The molecule has 27 heavy (non-hydrogen) atoms. The van der Waals surface area contributed by atoms with E-state index in [1.165, 1.54) is 7.11 Å². The summed E-state index contributed by atoms with van der Waals surface area (Å²) in [6.07, 6.45) is 3.43. The minimum absolute atomic E-state index is 0.182. The van der Waals surface area contributed by atoms with Crippen molar-refractivity contribution in [3.63, 3.8) is 0 Å². The van der Waals surface area contributed by atoms with Crippen LogP contribution in [0.5, 0.6) is 0 Å². The van der Waals surface area contributed by atoms with Crippen LogP contribution in [0.3, 0.4) is 0 Å². The molecule has 0 aliphatic carbocycles. The minimum atomic E-state index is -0.436. The molecule has 0 unspecified atom stereocenters. The standard InChI is InChI=1S/C19H17N5O3/c1-27-19(26)14-2-4-15(5-3-14)22-18(25)16-6-7-17(24-23-16)21-12-13-8-10-20-11-9-13/h2-11H,12H2,1H3,(H,21,24)(H,22,25). The Labute approximate surface area is 155 Å². The van der Waals surface area contributed by atoms with Gasteiger partial charge in [0.15, 0.2) is 5.69 Å². The van der Waals surface area contributed by atoms with E-state index in [1.807, 2.05) is 12.1 Å². The molecule has 0 spiro atoms. The van der Waals surface area contributed by atoms with Crippen LogP contribution in [-0.2, 0) is 11.3 Å². The molecule has 0 aliphatic rings. The highest BCUT2D eigenvalue weighted by atomic mass is 16.5. The normalized spacial score (nSPS) is 10.1. The predicted molar refractivity (Wildman–Crippen MR) is 99.3 cm³/mol. The summed E-state index contributed by atoms with van der Waals surface area (Å²) in [5.74, 6) is -0.270. The second kappa shape index (κ2) is 8.52. The summed E-state index contributed by atoms with van der Waals surface area (Å²) in [6.45, 7) is 0.579. The minimum Gasteiger partial charge on any atom is -0.465 e. The van der Waals surface area contributed by atoms with E-state index in [-0.39, 0.29) is 5.69 Å². The molecule has 2 heterocycles. The number of hydrogen-bond acceptors (Lipinski definition) is 7. The lowest BCUT2D eigenvalue weighted by Crippen LogP contribution is -2.15. The molecule has 136 valence electrons. The fourth-order valence-corrected chi connectivity index (χ4v) is 2.24. The Morgan fingerprint density at radius 2 is 1.70 bits per heavy atom. The Morgan fingerprint density at radius 3 is 2.33 bits per heavy atom. The molecule has 8 heteroatoms. The summed E-state index contributed by atoms with van der Waals surface area (Å²) >= 11 is 0. The van der Waals surface area contributed by atoms with Crippen molar-refractivity contribution in [2.45, 2.75) is 6.54 Å². The van der Waals surface area contributed by atoms with Gasteiger partial charge in [0.2, 0.25) is 0 Å². The summed E-state index contributed by atoms with van der Waals surface area (Å²) in [7, 11) is 1.31. The Morgan fingerprint density at radius 1 is 0.963 bits per heavy atom. The van der Waals surface area contributed by atoms with Gasteiger partial charge in [0, 0.05) is 24.6 Å². The molecule has 3 rings (SSSR count). The van der Waals surface area contributed by atoms with Crippen molar-refractivity contribution >= 4 is 23.4 Å². The topological polar surface area (TPSA) is 106 Å². The first-order valence-electron chi connectivity index (χ1n) is 8.12. The molecule has 0 atom stereocenters. The van der Waals surface area contributed by atoms with Crippen molar-refractivity contribution in [2.24, 2.45) is 0 Å². The number of methoxy groups -OCH3 is 1. The average molecular weight is 363 g/mol. The van der Waals surface area contributed by atoms with Crippen LogP contribution < -0.4 is 10.6 Å². The predicted octanol–water partition coefficient (Wildman–Crippen LogP) is 2.52. The SMILES string of the molecule is COC(=O)c1ccc(NC(=O)c2ccc(NCc3ccncc3)nn2)cc1. The van der Waals surface area contributed by atoms with Gasteiger partial charge in [-0.1, -0.05) is 0 Å². The van der Waals surface area contributed by atoms with E-state index >= 15 is 0 Å². The molecule has 0 bridgehead atoms. The lowest BCUT2D eigenvalue weighted by Gasteiger charge is -2.07. The van der Waals surface area contributed by atoms with E-state index in [0.717, 1.165) is 5.56 Å². The van der Waals surface area contributed by atoms with Crippen LogP contribution in [0.1, 0.15) is 26.4 Å². The van der Waals surface area contributed by atoms with Gasteiger partial charge in [0.1, 0.15) is 5.82 Å². The first kappa shape index (κ1) is 18.0. The fourth-order valence-electron chi connectivity index (χ4n) is 2.24. The van der Waals surface area contributed by atoms with Gasteiger partial charge < -0.3 is 15.4 Å². The van der Waals surface area contributed by atoms with Crippen LogP contribution >= 0.6 is 0 Å². The molecule has 0 fully saturated rings. The first-order chi connectivity index (χ1) is 13.2. The van der Waals surface area contributed by atoms with Crippen molar-refractivity contribution in [1.29, 1.82) is 0 Å². The Balaban J connectivity index is 1.58. The number of benzene rings is 1. The van der Waals surface area contributed by atoms with Crippen molar-refractivity contribution < 1.29 is 14.3 Å². The Hall–Kier alpha value is -3.81. The van der Waals surface area contributed by atoms with Gasteiger partial charge in [-0.05, 0) is 54.1 Å². The summed E-state index contributed by atoms with van der Waals surface area (Å²) < 4.78 is 4.63. The number of nitrogens with zero attached hydrogens (tertiary/aromatic N) is 3. The van der Waals surface area contributed by atoms with E-state index in [1.54, 1.807) is 48.8 Å². The lowest BCUT2D eigenvalue weighted by molar-refractivity contribution is 0.0600. The van der Waals surface area contributed by atoms with Crippen LogP contribution in [0.2, 0.25) is 0 Å². The van der Waals surface area contributed by atoms with E-state index in [9.17, 15) is 9.59 Å². The fraction of sp³-hybridized carbons (Fsp3) is 0.105. The second-order valence-corrected chi connectivity index (χ2v) is 5.54. The number of anilines is 2. The molecule has 0 aliphatic heterocycles. The van der Waals surface area contributed by atoms with Crippen LogP contribution in [-0.4, -0.2) is 34.2 Å². The maximum atomic E-state index is 12.2. The third kappa shape index (κ3) is 4.85. The number of aromatic nitrogens is 3. The molecule has 3 aromatic rings. The van der Waals surface area contributed by atoms with Gasteiger partial charge in [0.25, 0.3) is 5.91 Å². The summed E-state index contributed by atoms with van der Waals surface area (Å²) in [5.41, 5.74) is 2.18. The van der Waals surface area contributed by atoms with Gasteiger partial charge in [0.05, 0.1) is 12.7 Å². The molecule has 1 amide bonds. The third-order valence-electron chi connectivity index (χ3n) is 3.68. The zero-order valence-electron chi connectivity index (χ0n) is 14.5. The van der Waals surface area contributed by atoms with E-state index in [2.05, 4.69) is 30.6 Å². The van der Waals surface area contributed by atoms with Crippen molar-refractivity contribution in [3.05, 3.63) is 77.7 Å². The van der Waals surface area contributed by atoms with E-state index in [0.29, 0.717) is 23.6 Å². The smallest absolute Gasteiger partial charge is 0.337 e. The quantitative estimate of drug-likeness (QED) is 0.648. The zero-order valence-corrected chi connectivity index (χ0v) is 14.5. The molecule has 2 aromatic heterocycles. The molecule has 8 nitrogen and oxygen atoms in total. The maximum Gasteiger partial charge on any atom is 0.337 e. The Kier molecular flexibility index (Phi) is 5.68. The average Bonchev–Trinajstić information content (AvgIpc) is 2.73. The molecular weight excluding hydrogens is 346 g/mol. The van der Waals surface area contributed by atoms with E-state index < -0.39 is 11.9 Å². The second-order valence-electron chi connectivity index (χ2n) is 5.54. The molecule has 0 saturated carbocycles. The number of pyridine rings is 1. The van der Waals surface area contributed by atoms with Gasteiger partial charge in [-0.15, -0.1) is 10.2 Å². The van der Waals surface area contributed by atoms with Gasteiger partial charge >= 0.3 is 5.97 Å². The molecule has 1 aromatic carbocycles. The number of carbonyl (C=O) groups excluding carboxylic acids is 2. The number of hydrogen-bond donors (Lipinski definition) is 2. The molecule has 0 radical (unpaired) electrons. The lowest BCUT2D eigenvalue weighted by atomic mass is 10.2. The van der Waals surface area contributed by atoms with Gasteiger partial charge in [-0.3, -0.25) is 9.78 Å². The highest BCUT2D eigenvalue weighted by Gasteiger charge is 2.10. The van der Waals surface area contributed by atoms with Crippen LogP contribution in [0.4, 0.5) is 11.5 Å². The highest BCUT2D eigenvalue weighted by molar-refractivity contribution is 6.03. The van der Waals surface area contributed by atoms with E-state index in [4.69, 9.17) is 0 Å².